The lowest BCUT2D eigenvalue weighted by Gasteiger charge is -2.10. The number of nitrogens with zero attached hydrogens (tertiary/aromatic N) is 3. The summed E-state index contributed by atoms with van der Waals surface area (Å²) in [4.78, 5) is 11.8. The van der Waals surface area contributed by atoms with Gasteiger partial charge in [-0.1, -0.05) is 22.9 Å². The average Bonchev–Trinajstić information content (AvgIpc) is 2.37. The third-order valence-corrected chi connectivity index (χ3v) is 3.86. The Bertz CT molecular complexity index is 471. The highest BCUT2D eigenvalue weighted by atomic mass is 32.2. The molecule has 0 aliphatic heterocycles. The van der Waals surface area contributed by atoms with Crippen LogP contribution in [0, 0.1) is 0 Å². The maximum absolute atomic E-state index is 12.1. The summed E-state index contributed by atoms with van der Waals surface area (Å²) in [6.07, 6.45) is -2.13. The van der Waals surface area contributed by atoms with Gasteiger partial charge in [0, 0.05) is 5.75 Å². The molecule has 0 fully saturated rings. The number of halogens is 3. The van der Waals surface area contributed by atoms with Crippen molar-refractivity contribution in [3.63, 3.8) is 0 Å². The number of thioether (sulfide) groups is 1. The molecule has 21 heavy (non-hydrogen) atoms. The van der Waals surface area contributed by atoms with Crippen molar-refractivity contribution >= 4 is 41.2 Å². The predicted octanol–water partition coefficient (Wildman–Crippen LogP) is 2.64. The third kappa shape index (κ3) is 7.53. The first-order valence-corrected chi connectivity index (χ1v) is 8.60. The van der Waals surface area contributed by atoms with Crippen molar-refractivity contribution in [2.75, 3.05) is 29.6 Å². The number of rotatable bonds is 8. The Morgan fingerprint density at radius 1 is 1.52 bits per heavy atom. The van der Waals surface area contributed by atoms with E-state index in [-0.39, 0.29) is 10.9 Å². The first kappa shape index (κ1) is 18.1. The molecule has 118 valence electrons. The topological polar surface area (TPSA) is 73.2 Å². The molecule has 1 heterocycles. The summed E-state index contributed by atoms with van der Waals surface area (Å²) >= 11 is -0.0342. The minimum Gasteiger partial charge on any atom is -0.617 e. The molecule has 1 N–H and O–H groups in total. The molecule has 1 rings (SSSR count). The lowest BCUT2D eigenvalue weighted by molar-refractivity contribution is -0.129. The van der Waals surface area contributed by atoms with Gasteiger partial charge in [0.15, 0.2) is 11.0 Å². The molecule has 0 saturated heterocycles. The maximum atomic E-state index is 12.1. The van der Waals surface area contributed by atoms with Crippen LogP contribution in [0.1, 0.15) is 6.42 Å². The van der Waals surface area contributed by atoms with Crippen LogP contribution in [0.3, 0.4) is 0 Å². The van der Waals surface area contributed by atoms with Gasteiger partial charge in [-0.25, -0.2) is 9.97 Å². The summed E-state index contributed by atoms with van der Waals surface area (Å²) in [7, 11) is 0. The van der Waals surface area contributed by atoms with E-state index < -0.39 is 23.8 Å². The number of aliphatic imine (C=N–C) groups is 1. The van der Waals surface area contributed by atoms with E-state index in [1.54, 1.807) is 6.26 Å². The molecular formula is C11H15F3N4OS2. The molecule has 0 saturated carbocycles. The van der Waals surface area contributed by atoms with E-state index in [0.717, 1.165) is 11.8 Å². The molecule has 0 bridgehead atoms. The molecule has 1 unspecified atom stereocenters. The minimum absolute atomic E-state index is 0.150. The zero-order valence-corrected chi connectivity index (χ0v) is 12.9. The first-order chi connectivity index (χ1) is 9.81. The van der Waals surface area contributed by atoms with Crippen LogP contribution >= 0.6 is 11.8 Å². The lowest BCUT2D eigenvalue weighted by atomic mass is 10.5. The van der Waals surface area contributed by atoms with Gasteiger partial charge in [0.2, 0.25) is 0 Å². The van der Waals surface area contributed by atoms with Crippen molar-refractivity contribution < 1.29 is 17.7 Å². The van der Waals surface area contributed by atoms with Crippen LogP contribution < -0.4 is 5.32 Å². The van der Waals surface area contributed by atoms with Crippen LogP contribution in [0.2, 0.25) is 0 Å². The molecule has 0 aliphatic rings. The van der Waals surface area contributed by atoms with Crippen molar-refractivity contribution in [3.05, 3.63) is 6.20 Å². The van der Waals surface area contributed by atoms with Crippen LogP contribution in [0.25, 0.3) is 0 Å². The molecule has 0 amide bonds. The summed E-state index contributed by atoms with van der Waals surface area (Å²) < 4.78 is 47.2. The molecule has 0 spiro atoms. The largest absolute Gasteiger partial charge is 0.617 e. The fraction of sp³-hybridized carbons (Fsp3) is 0.545. The van der Waals surface area contributed by atoms with Gasteiger partial charge in [0.25, 0.3) is 0 Å². The Balaban J connectivity index is 2.63. The van der Waals surface area contributed by atoms with Crippen LogP contribution in [0.5, 0.6) is 0 Å². The van der Waals surface area contributed by atoms with Gasteiger partial charge in [0.05, 0.1) is 25.4 Å². The summed E-state index contributed by atoms with van der Waals surface area (Å²) in [6, 6.07) is 0. The van der Waals surface area contributed by atoms with E-state index in [4.69, 9.17) is 0 Å². The number of nitrogens with one attached hydrogen (secondary N) is 1. The summed E-state index contributed by atoms with van der Waals surface area (Å²) in [5, 5.41) is 3.16. The van der Waals surface area contributed by atoms with Crippen LogP contribution in [-0.4, -0.2) is 51.7 Å². The van der Waals surface area contributed by atoms with E-state index in [1.807, 2.05) is 0 Å². The quantitative estimate of drug-likeness (QED) is 0.341. The third-order valence-electron chi connectivity index (χ3n) is 2.22. The average molecular weight is 340 g/mol. The van der Waals surface area contributed by atoms with Gasteiger partial charge in [-0.05, 0) is 6.72 Å². The second-order valence-electron chi connectivity index (χ2n) is 3.96. The highest BCUT2D eigenvalue weighted by molar-refractivity contribution is 7.99. The lowest BCUT2D eigenvalue weighted by Crippen LogP contribution is -2.15. The fourth-order valence-corrected chi connectivity index (χ4v) is 2.43. The zero-order chi connectivity index (χ0) is 15.9. The van der Waals surface area contributed by atoms with Crippen LogP contribution in [0.15, 0.2) is 16.3 Å². The molecule has 0 aliphatic carbocycles. The van der Waals surface area contributed by atoms with Gasteiger partial charge in [0.1, 0.15) is 11.4 Å². The van der Waals surface area contributed by atoms with E-state index in [1.165, 1.54) is 6.20 Å². The Morgan fingerprint density at radius 2 is 2.24 bits per heavy atom. The van der Waals surface area contributed by atoms with Crippen LogP contribution in [-0.2, 0) is 11.2 Å². The standard InChI is InChI=1S/C11H15F3N4OS2/c1-15-8-7-17-10(20-5-3-11(12,13)14)18-9(8)16-4-6-21(2)19/h7H,1,3-6H2,2H3,(H,16,17,18). The van der Waals surface area contributed by atoms with Gasteiger partial charge >= 0.3 is 6.18 Å². The molecule has 0 aromatic carbocycles. The second-order valence-corrected chi connectivity index (χ2v) is 6.58. The van der Waals surface area contributed by atoms with E-state index in [2.05, 4.69) is 27.0 Å². The van der Waals surface area contributed by atoms with Gasteiger partial charge in [-0.3, -0.25) is 4.99 Å². The zero-order valence-electron chi connectivity index (χ0n) is 11.3. The summed E-state index contributed by atoms with van der Waals surface area (Å²) in [6.45, 7) is 3.79. The normalized spacial score (nSPS) is 13.0. The van der Waals surface area contributed by atoms with E-state index >= 15 is 0 Å². The predicted molar refractivity (Wildman–Crippen MR) is 80.1 cm³/mol. The number of hydrogen-bond acceptors (Lipinski definition) is 6. The smallest absolute Gasteiger partial charge is 0.389 e. The minimum atomic E-state index is -4.19. The Morgan fingerprint density at radius 3 is 2.81 bits per heavy atom. The molecule has 1 aromatic heterocycles. The first-order valence-electron chi connectivity index (χ1n) is 5.89. The highest BCUT2D eigenvalue weighted by Gasteiger charge is 2.26. The molecule has 10 heteroatoms. The second kappa shape index (κ2) is 8.44. The maximum Gasteiger partial charge on any atom is 0.389 e. The fourth-order valence-electron chi connectivity index (χ4n) is 1.25. The molecular weight excluding hydrogens is 325 g/mol. The van der Waals surface area contributed by atoms with Gasteiger partial charge < -0.3 is 9.87 Å². The van der Waals surface area contributed by atoms with Gasteiger partial charge in [-0.2, -0.15) is 13.2 Å². The van der Waals surface area contributed by atoms with E-state index in [0.29, 0.717) is 23.8 Å². The van der Waals surface area contributed by atoms with Crippen molar-refractivity contribution in [1.82, 2.24) is 9.97 Å². The summed E-state index contributed by atoms with van der Waals surface area (Å²) in [5.41, 5.74) is 0.400. The Labute approximate surface area is 128 Å². The molecule has 1 aromatic rings. The number of hydrogen-bond donors (Lipinski definition) is 1. The monoisotopic (exact) mass is 340 g/mol. The molecule has 1 atom stereocenters. The highest BCUT2D eigenvalue weighted by Crippen LogP contribution is 2.27. The number of aromatic nitrogens is 2. The Kier molecular flexibility index (Phi) is 7.26. The van der Waals surface area contributed by atoms with Crippen molar-refractivity contribution in [2.24, 2.45) is 4.99 Å². The SMILES string of the molecule is C=Nc1cnc(SCCC(F)(F)F)nc1NCC[S+](C)[O-]. The van der Waals surface area contributed by atoms with Crippen LogP contribution in [0.4, 0.5) is 24.7 Å². The number of alkyl halides is 3. The van der Waals surface area contributed by atoms with Gasteiger partial charge in [-0.15, -0.1) is 0 Å². The van der Waals surface area contributed by atoms with Crippen molar-refractivity contribution in [1.29, 1.82) is 0 Å². The summed E-state index contributed by atoms with van der Waals surface area (Å²) in [5.74, 6) is 0.653. The van der Waals surface area contributed by atoms with E-state index in [9.17, 15) is 17.7 Å². The molecule has 0 radical (unpaired) electrons. The number of anilines is 1. The van der Waals surface area contributed by atoms with Crippen molar-refractivity contribution in [2.45, 2.75) is 17.8 Å². The van der Waals surface area contributed by atoms with Crippen molar-refractivity contribution in [3.8, 4) is 0 Å². The molecule has 5 nitrogen and oxygen atoms in total. The Hall–Kier alpha value is -1.00.